The molecule has 0 aliphatic heterocycles. The summed E-state index contributed by atoms with van der Waals surface area (Å²) in [5.41, 5.74) is 2.99. The van der Waals surface area contributed by atoms with Crippen molar-refractivity contribution in [1.82, 2.24) is 35.5 Å². The molecular weight excluding hydrogens is 386 g/mol. The number of aryl methyl sites for hydroxylation is 1. The summed E-state index contributed by atoms with van der Waals surface area (Å²) in [6.45, 7) is 1.80. The molecule has 9 heteroatoms. The summed E-state index contributed by atoms with van der Waals surface area (Å²) in [5.74, 6) is 2.07. The van der Waals surface area contributed by atoms with Crippen LogP contribution >= 0.6 is 11.8 Å². The number of aromatic amines is 1. The molecule has 4 rings (SSSR count). The highest BCUT2D eigenvalue weighted by Gasteiger charge is 2.21. The minimum absolute atomic E-state index is 0.193. The van der Waals surface area contributed by atoms with Gasteiger partial charge in [0.25, 0.3) is 5.91 Å². The van der Waals surface area contributed by atoms with E-state index in [0.717, 1.165) is 29.0 Å². The summed E-state index contributed by atoms with van der Waals surface area (Å²) in [6, 6.07) is 14.9. The fourth-order valence-corrected chi connectivity index (χ4v) is 3.66. The lowest BCUT2D eigenvalue weighted by atomic mass is 10.1. The van der Waals surface area contributed by atoms with Gasteiger partial charge in [-0.15, -0.1) is 5.10 Å². The summed E-state index contributed by atoms with van der Waals surface area (Å²) in [7, 11) is 0. The Labute approximate surface area is 172 Å². The molecule has 2 aromatic heterocycles. The van der Waals surface area contributed by atoms with Crippen LogP contribution < -0.4 is 5.32 Å². The molecule has 0 saturated heterocycles. The van der Waals surface area contributed by atoms with E-state index >= 15 is 0 Å². The van der Waals surface area contributed by atoms with Gasteiger partial charge in [-0.05, 0) is 60.0 Å². The molecule has 0 spiro atoms. The molecule has 0 unspecified atom stereocenters. The van der Waals surface area contributed by atoms with Gasteiger partial charge in [0, 0.05) is 0 Å². The van der Waals surface area contributed by atoms with Crippen LogP contribution in [0.2, 0.25) is 0 Å². The van der Waals surface area contributed by atoms with Gasteiger partial charge in [0.2, 0.25) is 0 Å². The van der Waals surface area contributed by atoms with Crippen LogP contribution in [-0.2, 0) is 0 Å². The topological polar surface area (TPSA) is 101 Å². The molecule has 0 aliphatic rings. The second-order valence-electron chi connectivity index (χ2n) is 6.60. The van der Waals surface area contributed by atoms with Crippen molar-refractivity contribution in [3.8, 4) is 5.69 Å². The van der Waals surface area contributed by atoms with E-state index in [4.69, 9.17) is 0 Å². The number of hydrogen-bond acceptors (Lipinski definition) is 6. The van der Waals surface area contributed by atoms with Crippen LogP contribution in [0.25, 0.3) is 16.7 Å². The molecule has 8 nitrogen and oxygen atoms in total. The van der Waals surface area contributed by atoms with Gasteiger partial charge in [-0.2, -0.15) is 16.4 Å². The molecule has 0 radical (unpaired) electrons. The number of carbonyl (C=O) groups excluding carboxylic acids is 1. The van der Waals surface area contributed by atoms with Crippen LogP contribution in [0.1, 0.15) is 34.5 Å². The summed E-state index contributed by atoms with van der Waals surface area (Å²) in [6.07, 6.45) is 2.81. The largest absolute Gasteiger partial charge is 0.342 e. The smallest absolute Gasteiger partial charge is 0.254 e. The second-order valence-corrected chi connectivity index (χ2v) is 7.59. The molecule has 2 N–H and O–H groups in total. The highest BCUT2D eigenvalue weighted by Crippen LogP contribution is 2.22. The number of para-hydroxylation sites is 3. The number of nitrogens with zero attached hydrogens (tertiary/aromatic N) is 5. The zero-order valence-corrected chi connectivity index (χ0v) is 17.0. The number of aromatic nitrogens is 6. The normalized spacial score (nSPS) is 12.2. The van der Waals surface area contributed by atoms with Gasteiger partial charge in [-0.25, -0.2) is 4.98 Å². The highest BCUT2D eigenvalue weighted by molar-refractivity contribution is 7.98. The van der Waals surface area contributed by atoms with Crippen molar-refractivity contribution in [3.05, 3.63) is 65.7 Å². The average Bonchev–Trinajstić information content (AvgIpc) is 3.36. The van der Waals surface area contributed by atoms with E-state index in [-0.39, 0.29) is 11.9 Å². The first-order valence-corrected chi connectivity index (χ1v) is 10.7. The average molecular weight is 408 g/mol. The van der Waals surface area contributed by atoms with Crippen LogP contribution in [-0.4, -0.2) is 48.1 Å². The maximum Gasteiger partial charge on any atom is 0.254 e. The highest BCUT2D eigenvalue weighted by atomic mass is 32.2. The summed E-state index contributed by atoms with van der Waals surface area (Å²) in [4.78, 5) is 21.2. The van der Waals surface area contributed by atoms with Crippen molar-refractivity contribution < 1.29 is 4.79 Å². The molecule has 1 amide bonds. The Kier molecular flexibility index (Phi) is 5.57. The third kappa shape index (κ3) is 4.00. The fraction of sp³-hybridized carbons (Fsp3) is 0.250. The molecule has 0 bridgehead atoms. The Balaban J connectivity index is 1.65. The predicted molar refractivity (Wildman–Crippen MR) is 113 cm³/mol. The zero-order valence-electron chi connectivity index (χ0n) is 16.2. The van der Waals surface area contributed by atoms with E-state index < -0.39 is 0 Å². The zero-order chi connectivity index (χ0) is 20.2. The van der Waals surface area contributed by atoms with Crippen molar-refractivity contribution >= 4 is 28.7 Å². The van der Waals surface area contributed by atoms with Gasteiger partial charge in [0.05, 0.1) is 28.3 Å². The number of imidazole rings is 1. The van der Waals surface area contributed by atoms with Gasteiger partial charge in [-0.3, -0.25) is 4.79 Å². The quantitative estimate of drug-likeness (QED) is 0.488. The Hall–Kier alpha value is -3.20. The third-order valence-electron chi connectivity index (χ3n) is 4.66. The van der Waals surface area contributed by atoms with Crippen molar-refractivity contribution in [2.45, 2.75) is 19.4 Å². The minimum atomic E-state index is -0.231. The number of thioether (sulfide) groups is 1. The van der Waals surface area contributed by atoms with E-state index in [1.165, 1.54) is 0 Å². The molecule has 29 heavy (non-hydrogen) atoms. The van der Waals surface area contributed by atoms with E-state index in [1.807, 2.05) is 48.7 Å². The SMILES string of the molecule is CSCC[C@@H](NC(=O)c1ccccc1-n1nnnc1C)c1nc2ccccc2[nH]1. The van der Waals surface area contributed by atoms with E-state index in [0.29, 0.717) is 17.1 Å². The number of nitrogens with one attached hydrogen (secondary N) is 2. The molecule has 2 heterocycles. The molecule has 4 aromatic rings. The van der Waals surface area contributed by atoms with E-state index in [1.54, 1.807) is 29.4 Å². The molecule has 0 saturated carbocycles. The number of amides is 1. The lowest BCUT2D eigenvalue weighted by Gasteiger charge is -2.17. The Morgan fingerprint density at radius 3 is 2.76 bits per heavy atom. The summed E-state index contributed by atoms with van der Waals surface area (Å²) < 4.78 is 1.56. The standard InChI is InChI=1S/C20H21N7OS/c1-13-24-25-26-27(13)18-10-6-3-7-14(18)20(28)23-17(11-12-29-2)19-21-15-8-4-5-9-16(15)22-19/h3-10,17H,11-12H2,1-2H3,(H,21,22)(H,23,28)/t17-/m1/s1. The Morgan fingerprint density at radius 2 is 2.00 bits per heavy atom. The lowest BCUT2D eigenvalue weighted by Crippen LogP contribution is -2.30. The molecule has 0 aliphatic carbocycles. The molecule has 1 atom stereocenters. The molecule has 0 fully saturated rings. The van der Waals surface area contributed by atoms with Gasteiger partial charge in [0.1, 0.15) is 5.82 Å². The van der Waals surface area contributed by atoms with Crippen LogP contribution in [0.15, 0.2) is 48.5 Å². The van der Waals surface area contributed by atoms with Crippen molar-refractivity contribution in [1.29, 1.82) is 0 Å². The van der Waals surface area contributed by atoms with Crippen molar-refractivity contribution in [2.75, 3.05) is 12.0 Å². The first-order valence-electron chi connectivity index (χ1n) is 9.26. The summed E-state index contributed by atoms with van der Waals surface area (Å²) in [5, 5.41) is 14.7. The van der Waals surface area contributed by atoms with Gasteiger partial charge in [-0.1, -0.05) is 24.3 Å². The van der Waals surface area contributed by atoms with E-state index in [9.17, 15) is 4.79 Å². The maximum absolute atomic E-state index is 13.2. The molecular formula is C20H21N7OS. The molecule has 2 aromatic carbocycles. The number of benzene rings is 2. The summed E-state index contributed by atoms with van der Waals surface area (Å²) >= 11 is 1.73. The van der Waals surface area contributed by atoms with Gasteiger partial charge >= 0.3 is 0 Å². The predicted octanol–water partition coefficient (Wildman–Crippen LogP) is 3.07. The van der Waals surface area contributed by atoms with Gasteiger partial charge < -0.3 is 10.3 Å². The minimum Gasteiger partial charge on any atom is -0.342 e. The van der Waals surface area contributed by atoms with Crippen molar-refractivity contribution in [2.24, 2.45) is 0 Å². The number of tetrazole rings is 1. The van der Waals surface area contributed by atoms with Crippen LogP contribution in [0.4, 0.5) is 0 Å². The van der Waals surface area contributed by atoms with Crippen LogP contribution in [0.5, 0.6) is 0 Å². The number of H-pyrrole nitrogens is 1. The van der Waals surface area contributed by atoms with Crippen molar-refractivity contribution in [3.63, 3.8) is 0 Å². The first-order chi connectivity index (χ1) is 14.2. The van der Waals surface area contributed by atoms with Crippen LogP contribution in [0.3, 0.4) is 0 Å². The monoisotopic (exact) mass is 407 g/mol. The maximum atomic E-state index is 13.2. The second kappa shape index (κ2) is 8.44. The number of hydrogen-bond donors (Lipinski definition) is 2. The number of fused-ring (bicyclic) bond motifs is 1. The fourth-order valence-electron chi connectivity index (χ4n) is 3.19. The number of carbonyl (C=O) groups is 1. The Bertz CT molecular complexity index is 1100. The number of rotatable bonds is 7. The van der Waals surface area contributed by atoms with Crippen LogP contribution in [0, 0.1) is 6.92 Å². The Morgan fingerprint density at radius 1 is 1.21 bits per heavy atom. The van der Waals surface area contributed by atoms with E-state index in [2.05, 4.69) is 30.8 Å². The lowest BCUT2D eigenvalue weighted by molar-refractivity contribution is 0.0934. The third-order valence-corrected chi connectivity index (χ3v) is 5.30. The first kappa shape index (κ1) is 19.1. The molecule has 148 valence electrons. The van der Waals surface area contributed by atoms with Gasteiger partial charge in [0.15, 0.2) is 5.82 Å².